The first-order valence-corrected chi connectivity index (χ1v) is 7.55. The smallest absolute Gasteiger partial charge is 0.222 e. The molecule has 0 unspecified atom stereocenters. The number of benzene rings is 1. The fourth-order valence-corrected chi connectivity index (χ4v) is 2.82. The Morgan fingerprint density at radius 1 is 1.27 bits per heavy atom. The molecule has 1 aliphatic heterocycles. The maximum atomic E-state index is 11.7. The molecule has 2 heterocycles. The van der Waals surface area contributed by atoms with Crippen LogP contribution >= 0.6 is 0 Å². The summed E-state index contributed by atoms with van der Waals surface area (Å²) in [7, 11) is 0. The molecule has 1 aromatic heterocycles. The Balaban J connectivity index is 1.88. The molecule has 5 nitrogen and oxygen atoms in total. The fraction of sp³-hybridized carbons (Fsp3) is 0.353. The van der Waals surface area contributed by atoms with Gasteiger partial charge >= 0.3 is 0 Å². The highest BCUT2D eigenvalue weighted by molar-refractivity contribution is 5.83. The normalized spacial score (nSPS) is 14.9. The Morgan fingerprint density at radius 3 is 2.68 bits per heavy atom. The molecule has 1 fully saturated rings. The lowest BCUT2D eigenvalue weighted by Crippen LogP contribution is -2.49. The third-order valence-corrected chi connectivity index (χ3v) is 4.06. The molecule has 1 aliphatic rings. The number of carbonyl (C=O) groups excluding carboxylic acids is 1. The number of nitriles is 1. The molecule has 2 aromatic rings. The van der Waals surface area contributed by atoms with E-state index in [2.05, 4.69) is 16.0 Å². The van der Waals surface area contributed by atoms with E-state index in [0.29, 0.717) is 38.2 Å². The summed E-state index contributed by atoms with van der Waals surface area (Å²) >= 11 is 0. The van der Waals surface area contributed by atoms with E-state index in [4.69, 9.17) is 0 Å². The van der Waals surface area contributed by atoms with Gasteiger partial charge in [0, 0.05) is 38.0 Å². The molecule has 0 saturated carbocycles. The lowest BCUT2D eigenvalue weighted by atomic mass is 10.1. The fourth-order valence-electron chi connectivity index (χ4n) is 2.82. The monoisotopic (exact) mass is 294 g/mol. The van der Waals surface area contributed by atoms with Crippen LogP contribution in [0.4, 0.5) is 5.82 Å². The number of rotatable bonds is 2. The maximum Gasteiger partial charge on any atom is 0.222 e. The van der Waals surface area contributed by atoms with Crippen LogP contribution in [0.25, 0.3) is 10.9 Å². The van der Waals surface area contributed by atoms with E-state index in [0.717, 1.165) is 16.7 Å². The Hall–Kier alpha value is -2.61. The number of piperazine rings is 1. The van der Waals surface area contributed by atoms with Gasteiger partial charge < -0.3 is 9.80 Å². The summed E-state index contributed by atoms with van der Waals surface area (Å²) in [5.74, 6) is 0.913. The molecule has 22 heavy (non-hydrogen) atoms. The number of para-hydroxylation sites is 1. The minimum absolute atomic E-state index is 0.187. The van der Waals surface area contributed by atoms with Gasteiger partial charge in [0.2, 0.25) is 5.91 Å². The molecule has 0 spiro atoms. The van der Waals surface area contributed by atoms with Crippen LogP contribution in [0.5, 0.6) is 0 Å². The summed E-state index contributed by atoms with van der Waals surface area (Å²) in [5, 5.41) is 10.4. The minimum Gasteiger partial charge on any atom is -0.352 e. The van der Waals surface area contributed by atoms with Gasteiger partial charge in [-0.05, 0) is 12.1 Å². The number of fused-ring (bicyclic) bond motifs is 1. The van der Waals surface area contributed by atoms with E-state index in [1.165, 1.54) is 0 Å². The van der Waals surface area contributed by atoms with Crippen molar-refractivity contribution in [3.8, 4) is 6.07 Å². The van der Waals surface area contributed by atoms with Gasteiger partial charge in [-0.1, -0.05) is 25.1 Å². The van der Waals surface area contributed by atoms with E-state index < -0.39 is 0 Å². The highest BCUT2D eigenvalue weighted by atomic mass is 16.2. The molecule has 1 amide bonds. The average molecular weight is 294 g/mol. The average Bonchev–Trinajstić information content (AvgIpc) is 2.60. The molecule has 0 bridgehead atoms. The van der Waals surface area contributed by atoms with E-state index in [-0.39, 0.29) is 5.91 Å². The van der Waals surface area contributed by atoms with E-state index in [9.17, 15) is 10.1 Å². The highest BCUT2D eigenvalue weighted by Crippen LogP contribution is 2.24. The number of hydrogen-bond acceptors (Lipinski definition) is 4. The number of carbonyl (C=O) groups is 1. The molecule has 3 rings (SSSR count). The number of nitrogens with zero attached hydrogens (tertiary/aromatic N) is 4. The van der Waals surface area contributed by atoms with Gasteiger partial charge in [0.25, 0.3) is 0 Å². The number of amides is 1. The van der Waals surface area contributed by atoms with Crippen molar-refractivity contribution >= 4 is 22.6 Å². The molecule has 0 atom stereocenters. The van der Waals surface area contributed by atoms with Crippen LogP contribution in [0.15, 0.2) is 30.3 Å². The molecule has 5 heteroatoms. The van der Waals surface area contributed by atoms with Gasteiger partial charge in [0.15, 0.2) is 0 Å². The van der Waals surface area contributed by atoms with E-state index in [1.807, 2.05) is 42.2 Å². The second-order valence-electron chi connectivity index (χ2n) is 5.39. The van der Waals surface area contributed by atoms with Crippen LogP contribution in [0.2, 0.25) is 0 Å². The van der Waals surface area contributed by atoms with Crippen LogP contribution in [0, 0.1) is 11.3 Å². The van der Waals surface area contributed by atoms with Crippen molar-refractivity contribution in [1.29, 1.82) is 5.26 Å². The van der Waals surface area contributed by atoms with Crippen LogP contribution in [-0.2, 0) is 4.79 Å². The third kappa shape index (κ3) is 2.60. The summed E-state index contributed by atoms with van der Waals surface area (Å²) < 4.78 is 0. The van der Waals surface area contributed by atoms with Crippen LogP contribution in [0.3, 0.4) is 0 Å². The summed E-state index contributed by atoms with van der Waals surface area (Å²) in [4.78, 5) is 20.4. The second-order valence-corrected chi connectivity index (χ2v) is 5.39. The zero-order valence-corrected chi connectivity index (χ0v) is 12.6. The predicted molar refractivity (Wildman–Crippen MR) is 85.5 cm³/mol. The minimum atomic E-state index is 0.187. The second kappa shape index (κ2) is 6.02. The largest absolute Gasteiger partial charge is 0.352 e. The van der Waals surface area contributed by atoms with Gasteiger partial charge in [-0.25, -0.2) is 4.98 Å². The molecule has 1 saturated heterocycles. The third-order valence-electron chi connectivity index (χ3n) is 4.06. The van der Waals surface area contributed by atoms with Crippen molar-refractivity contribution in [3.05, 3.63) is 35.9 Å². The molecule has 112 valence electrons. The van der Waals surface area contributed by atoms with Crippen molar-refractivity contribution in [3.63, 3.8) is 0 Å². The number of pyridine rings is 1. The zero-order valence-electron chi connectivity index (χ0n) is 12.6. The van der Waals surface area contributed by atoms with Crippen LogP contribution in [-0.4, -0.2) is 42.0 Å². The van der Waals surface area contributed by atoms with Crippen molar-refractivity contribution in [1.82, 2.24) is 9.88 Å². The predicted octanol–water partition coefficient (Wildman–Crippen LogP) is 2.17. The van der Waals surface area contributed by atoms with Gasteiger partial charge in [-0.15, -0.1) is 0 Å². The highest BCUT2D eigenvalue weighted by Gasteiger charge is 2.22. The quantitative estimate of drug-likeness (QED) is 0.851. The summed E-state index contributed by atoms with van der Waals surface area (Å²) in [6, 6.07) is 11.9. The van der Waals surface area contributed by atoms with E-state index >= 15 is 0 Å². The first-order valence-electron chi connectivity index (χ1n) is 7.55. The first-order chi connectivity index (χ1) is 10.7. The van der Waals surface area contributed by atoms with Crippen LogP contribution < -0.4 is 4.90 Å². The van der Waals surface area contributed by atoms with E-state index in [1.54, 1.807) is 0 Å². The Bertz CT molecular complexity index is 742. The van der Waals surface area contributed by atoms with Crippen LogP contribution in [0.1, 0.15) is 18.9 Å². The molecule has 0 aliphatic carbocycles. The SMILES string of the molecule is CCC(=O)N1CCN(c2nc3ccccc3cc2C#N)CC1. The Labute approximate surface area is 129 Å². The summed E-state index contributed by atoms with van der Waals surface area (Å²) in [6.07, 6.45) is 0.539. The Kier molecular flexibility index (Phi) is 3.92. The number of aromatic nitrogens is 1. The van der Waals surface area contributed by atoms with Crippen molar-refractivity contribution < 1.29 is 4.79 Å². The van der Waals surface area contributed by atoms with Gasteiger partial charge in [0.05, 0.1) is 11.1 Å². The topological polar surface area (TPSA) is 60.2 Å². The van der Waals surface area contributed by atoms with Crippen molar-refractivity contribution in [2.75, 3.05) is 31.1 Å². The first kappa shape index (κ1) is 14.3. The molecule has 1 aromatic carbocycles. The van der Waals surface area contributed by atoms with Crippen molar-refractivity contribution in [2.45, 2.75) is 13.3 Å². The lowest BCUT2D eigenvalue weighted by Gasteiger charge is -2.35. The molecule has 0 radical (unpaired) electrons. The summed E-state index contributed by atoms with van der Waals surface area (Å²) in [5.41, 5.74) is 1.48. The number of hydrogen-bond donors (Lipinski definition) is 0. The molecular formula is C17H18N4O. The maximum absolute atomic E-state index is 11.7. The van der Waals surface area contributed by atoms with Crippen molar-refractivity contribution in [2.24, 2.45) is 0 Å². The number of anilines is 1. The van der Waals surface area contributed by atoms with Gasteiger partial charge in [-0.3, -0.25) is 4.79 Å². The lowest BCUT2D eigenvalue weighted by molar-refractivity contribution is -0.131. The standard InChI is InChI=1S/C17H18N4O/c1-2-16(22)20-7-9-21(10-8-20)17-14(12-18)11-13-5-3-4-6-15(13)19-17/h3-6,11H,2,7-10H2,1H3. The van der Waals surface area contributed by atoms with Gasteiger partial charge in [0.1, 0.15) is 11.9 Å². The zero-order chi connectivity index (χ0) is 15.5. The molecule has 0 N–H and O–H groups in total. The van der Waals surface area contributed by atoms with Gasteiger partial charge in [-0.2, -0.15) is 5.26 Å². The summed E-state index contributed by atoms with van der Waals surface area (Å²) in [6.45, 7) is 4.68. The molecular weight excluding hydrogens is 276 g/mol. The Morgan fingerprint density at radius 2 is 2.00 bits per heavy atom.